The number of anilines is 1. The topological polar surface area (TPSA) is 69.7 Å². The van der Waals surface area contributed by atoms with Crippen LogP contribution < -0.4 is 9.62 Å². The number of benzene rings is 2. The van der Waals surface area contributed by atoms with Crippen LogP contribution in [0, 0.1) is 6.92 Å². The van der Waals surface area contributed by atoms with Crippen molar-refractivity contribution in [1.82, 2.24) is 10.2 Å². The number of sulfonamides is 1. The van der Waals surface area contributed by atoms with E-state index < -0.39 is 39.2 Å². The number of halogens is 4. The molecule has 1 saturated heterocycles. The molecule has 0 bridgehead atoms. The molecule has 36 heavy (non-hydrogen) atoms. The molecular weight excluding hydrogens is 515 g/mol. The minimum atomic E-state index is -4.79. The van der Waals surface area contributed by atoms with Gasteiger partial charge < -0.3 is 10.2 Å². The molecule has 198 valence electrons. The molecule has 0 aliphatic carbocycles. The van der Waals surface area contributed by atoms with Crippen molar-refractivity contribution < 1.29 is 26.4 Å². The number of alkyl halides is 3. The Morgan fingerprint density at radius 2 is 1.69 bits per heavy atom. The first-order valence-electron chi connectivity index (χ1n) is 11.9. The third-order valence-electron chi connectivity index (χ3n) is 6.11. The second kappa shape index (κ2) is 12.3. The summed E-state index contributed by atoms with van der Waals surface area (Å²) in [4.78, 5) is 14.9. The third-order valence-corrected chi connectivity index (χ3v) is 8.23. The highest BCUT2D eigenvalue weighted by Crippen LogP contribution is 2.38. The van der Waals surface area contributed by atoms with E-state index in [-0.39, 0.29) is 10.6 Å². The van der Waals surface area contributed by atoms with Gasteiger partial charge in [-0.05, 0) is 76.2 Å². The van der Waals surface area contributed by atoms with E-state index >= 15 is 0 Å². The Bertz CT molecular complexity index is 1130. The van der Waals surface area contributed by atoms with E-state index in [4.69, 9.17) is 11.6 Å². The Balaban J connectivity index is 1.78. The fraction of sp³-hybridized carbons (Fsp3) is 0.480. The summed E-state index contributed by atoms with van der Waals surface area (Å²) in [6, 6.07) is 8.68. The van der Waals surface area contributed by atoms with E-state index in [9.17, 15) is 26.4 Å². The van der Waals surface area contributed by atoms with Crippen LogP contribution >= 0.6 is 11.6 Å². The molecule has 0 saturated carbocycles. The third kappa shape index (κ3) is 7.60. The number of carbonyl (C=O) groups is 1. The molecule has 0 aromatic heterocycles. The zero-order valence-electron chi connectivity index (χ0n) is 20.2. The summed E-state index contributed by atoms with van der Waals surface area (Å²) >= 11 is 5.73. The van der Waals surface area contributed by atoms with Gasteiger partial charge in [0.15, 0.2) is 0 Å². The van der Waals surface area contributed by atoms with Gasteiger partial charge in [0.05, 0.1) is 21.2 Å². The maximum Gasteiger partial charge on any atom is 0.417 e. The summed E-state index contributed by atoms with van der Waals surface area (Å²) in [5, 5.41) is 2.15. The number of amides is 1. The monoisotopic (exact) mass is 545 g/mol. The van der Waals surface area contributed by atoms with Crippen LogP contribution in [0.25, 0.3) is 0 Å². The van der Waals surface area contributed by atoms with Gasteiger partial charge >= 0.3 is 6.18 Å². The Morgan fingerprint density at radius 3 is 2.31 bits per heavy atom. The first kappa shape index (κ1) is 28.3. The van der Waals surface area contributed by atoms with Gasteiger partial charge in [-0.15, -0.1) is 0 Å². The van der Waals surface area contributed by atoms with Crippen LogP contribution in [0.3, 0.4) is 0 Å². The quantitative estimate of drug-likeness (QED) is 0.437. The lowest BCUT2D eigenvalue weighted by atomic mass is 10.2. The highest BCUT2D eigenvalue weighted by atomic mass is 35.5. The largest absolute Gasteiger partial charge is 0.417 e. The molecule has 6 nitrogen and oxygen atoms in total. The summed E-state index contributed by atoms with van der Waals surface area (Å²) < 4.78 is 67.9. The summed E-state index contributed by atoms with van der Waals surface area (Å²) in [7, 11) is -4.34. The second-order valence-electron chi connectivity index (χ2n) is 8.95. The fourth-order valence-corrected chi connectivity index (χ4v) is 5.75. The zero-order valence-corrected chi connectivity index (χ0v) is 21.7. The predicted octanol–water partition coefficient (Wildman–Crippen LogP) is 5.24. The molecular formula is C25H31ClF3N3O3S. The van der Waals surface area contributed by atoms with Gasteiger partial charge in [0.25, 0.3) is 10.0 Å². The Hall–Kier alpha value is -2.30. The lowest BCUT2D eigenvalue weighted by Crippen LogP contribution is -2.41. The van der Waals surface area contributed by atoms with Crippen LogP contribution in [0.2, 0.25) is 5.02 Å². The van der Waals surface area contributed by atoms with Crippen molar-refractivity contribution in [3.63, 3.8) is 0 Å². The van der Waals surface area contributed by atoms with Crippen molar-refractivity contribution in [3.8, 4) is 0 Å². The Labute approximate surface area is 215 Å². The standard InChI is InChI=1S/C25H31ClF3N3O3S/c1-19-7-10-21(11-8-19)36(34,35)32(20-9-12-23(26)22(17-20)25(27,28)29)18-24(33)30-13-6-16-31-14-4-2-3-5-15-31/h7-12,17H,2-6,13-16,18H2,1H3,(H,30,33). The average Bonchev–Trinajstić information content (AvgIpc) is 3.09. The molecule has 3 rings (SSSR count). The lowest BCUT2D eigenvalue weighted by Gasteiger charge is -2.25. The van der Waals surface area contributed by atoms with Gasteiger partial charge in [0, 0.05) is 6.54 Å². The van der Waals surface area contributed by atoms with E-state index in [0.29, 0.717) is 23.3 Å². The van der Waals surface area contributed by atoms with Crippen LogP contribution in [-0.4, -0.2) is 51.9 Å². The predicted molar refractivity (Wildman–Crippen MR) is 135 cm³/mol. The van der Waals surface area contributed by atoms with Crippen molar-refractivity contribution >= 4 is 33.2 Å². The van der Waals surface area contributed by atoms with Crippen molar-refractivity contribution in [2.24, 2.45) is 0 Å². The number of nitrogens with one attached hydrogen (secondary N) is 1. The highest BCUT2D eigenvalue weighted by Gasteiger charge is 2.35. The smallest absolute Gasteiger partial charge is 0.354 e. The number of likely N-dealkylation sites (tertiary alicyclic amines) is 1. The van der Waals surface area contributed by atoms with Crippen LogP contribution in [-0.2, 0) is 21.0 Å². The van der Waals surface area contributed by atoms with Gasteiger partial charge in [-0.2, -0.15) is 13.2 Å². The SMILES string of the molecule is Cc1ccc(S(=O)(=O)N(CC(=O)NCCCN2CCCCCC2)c2ccc(Cl)c(C(F)(F)F)c2)cc1. The van der Waals surface area contributed by atoms with Gasteiger partial charge in [-0.3, -0.25) is 9.10 Å². The molecule has 11 heteroatoms. The maximum absolute atomic E-state index is 13.5. The molecule has 1 N–H and O–H groups in total. The first-order chi connectivity index (χ1) is 17.0. The van der Waals surface area contributed by atoms with Gasteiger partial charge in [-0.1, -0.05) is 42.1 Å². The van der Waals surface area contributed by atoms with Gasteiger partial charge in [0.1, 0.15) is 6.54 Å². The van der Waals surface area contributed by atoms with Crippen molar-refractivity contribution in [2.45, 2.75) is 50.1 Å². The van der Waals surface area contributed by atoms with Gasteiger partial charge in [-0.25, -0.2) is 8.42 Å². The van der Waals surface area contributed by atoms with E-state index in [1.54, 1.807) is 19.1 Å². The number of hydrogen-bond acceptors (Lipinski definition) is 4. The number of nitrogens with zero attached hydrogens (tertiary/aromatic N) is 2. The fourth-order valence-electron chi connectivity index (χ4n) is 4.11. The molecule has 2 aromatic carbocycles. The van der Waals surface area contributed by atoms with E-state index in [0.717, 1.165) is 50.2 Å². The number of carbonyl (C=O) groups excluding carboxylic acids is 1. The number of hydrogen-bond donors (Lipinski definition) is 1. The molecule has 0 unspecified atom stereocenters. The first-order valence-corrected chi connectivity index (χ1v) is 13.8. The molecule has 0 spiro atoms. The van der Waals surface area contributed by atoms with Crippen LogP contribution in [0.1, 0.15) is 43.2 Å². The van der Waals surface area contributed by atoms with Gasteiger partial charge in [0.2, 0.25) is 5.91 Å². The number of rotatable bonds is 9. The molecule has 2 aromatic rings. The van der Waals surface area contributed by atoms with E-state index in [2.05, 4.69) is 10.2 Å². The molecule has 0 atom stereocenters. The highest BCUT2D eigenvalue weighted by molar-refractivity contribution is 7.92. The second-order valence-corrected chi connectivity index (χ2v) is 11.2. The Morgan fingerprint density at radius 1 is 1.06 bits per heavy atom. The van der Waals surface area contributed by atoms with Crippen molar-refractivity contribution in [3.05, 3.63) is 58.6 Å². The lowest BCUT2D eigenvalue weighted by molar-refractivity contribution is -0.137. The molecule has 1 amide bonds. The van der Waals surface area contributed by atoms with Crippen LogP contribution in [0.5, 0.6) is 0 Å². The molecule has 1 aliphatic rings. The van der Waals surface area contributed by atoms with Crippen LogP contribution in [0.4, 0.5) is 18.9 Å². The zero-order chi connectivity index (χ0) is 26.3. The van der Waals surface area contributed by atoms with Crippen molar-refractivity contribution in [2.75, 3.05) is 37.0 Å². The van der Waals surface area contributed by atoms with Crippen molar-refractivity contribution in [1.29, 1.82) is 0 Å². The maximum atomic E-state index is 13.5. The summed E-state index contributed by atoms with van der Waals surface area (Å²) in [5.74, 6) is -0.606. The summed E-state index contributed by atoms with van der Waals surface area (Å²) in [5.41, 5.74) is -0.663. The minimum absolute atomic E-state index is 0.134. The molecule has 1 aliphatic heterocycles. The normalized spacial score (nSPS) is 15.4. The summed E-state index contributed by atoms with van der Waals surface area (Å²) in [6.07, 6.45) is 0.647. The molecule has 1 heterocycles. The van der Waals surface area contributed by atoms with E-state index in [1.807, 2.05) is 0 Å². The van der Waals surface area contributed by atoms with E-state index in [1.165, 1.54) is 25.0 Å². The van der Waals surface area contributed by atoms with Crippen LogP contribution in [0.15, 0.2) is 47.4 Å². The minimum Gasteiger partial charge on any atom is -0.354 e. The average molecular weight is 546 g/mol. The number of aryl methyl sites for hydroxylation is 1. The molecule has 0 radical (unpaired) electrons. The Kier molecular flexibility index (Phi) is 9.66. The summed E-state index contributed by atoms with van der Waals surface area (Å²) in [6.45, 7) is 4.31. The molecule has 1 fully saturated rings.